The van der Waals surface area contributed by atoms with E-state index in [1.807, 2.05) is 4.57 Å². The van der Waals surface area contributed by atoms with E-state index in [9.17, 15) is 4.79 Å². The number of methoxy groups -OCH3 is 1. The van der Waals surface area contributed by atoms with Crippen LogP contribution in [-0.2, 0) is 22.5 Å². The molecule has 1 N–H and O–H groups in total. The van der Waals surface area contributed by atoms with E-state index < -0.39 is 0 Å². The minimum absolute atomic E-state index is 0.0138. The van der Waals surface area contributed by atoms with Crippen LogP contribution in [0, 0.1) is 11.8 Å². The summed E-state index contributed by atoms with van der Waals surface area (Å²) in [5.41, 5.74) is -0.168. The maximum Gasteiger partial charge on any atom is 0.225 e. The SMILES string of the molecule is COC1(CNC(=O)C2CCc3nncn3C2)CCC(C)CC1. The molecule has 1 amide bonds. The van der Waals surface area contributed by atoms with E-state index in [0.29, 0.717) is 13.1 Å². The zero-order chi connectivity index (χ0) is 15.6. The van der Waals surface area contributed by atoms with Crippen LogP contribution in [0.25, 0.3) is 0 Å². The molecule has 3 rings (SSSR count). The Labute approximate surface area is 131 Å². The molecule has 0 spiro atoms. The highest BCUT2D eigenvalue weighted by atomic mass is 16.5. The van der Waals surface area contributed by atoms with Crippen molar-refractivity contribution in [1.82, 2.24) is 20.1 Å². The number of nitrogens with one attached hydrogen (secondary N) is 1. The third-order valence-corrected chi connectivity index (χ3v) is 5.40. The van der Waals surface area contributed by atoms with Crippen LogP contribution in [-0.4, -0.2) is 39.9 Å². The van der Waals surface area contributed by atoms with Gasteiger partial charge in [0, 0.05) is 26.6 Å². The molecule has 1 aliphatic heterocycles. The van der Waals surface area contributed by atoms with Crippen LogP contribution in [0.5, 0.6) is 0 Å². The summed E-state index contributed by atoms with van der Waals surface area (Å²) in [6.07, 6.45) is 7.81. The number of nitrogens with zero attached hydrogens (tertiary/aromatic N) is 3. The lowest BCUT2D eigenvalue weighted by molar-refractivity contribution is -0.128. The average Bonchev–Trinajstić information content (AvgIpc) is 3.02. The molecule has 1 aromatic heterocycles. The van der Waals surface area contributed by atoms with Gasteiger partial charge < -0.3 is 14.6 Å². The van der Waals surface area contributed by atoms with Gasteiger partial charge in [-0.3, -0.25) is 4.79 Å². The first-order valence-corrected chi connectivity index (χ1v) is 8.31. The Morgan fingerprint density at radius 3 is 2.95 bits per heavy atom. The second-order valence-corrected chi connectivity index (χ2v) is 6.92. The predicted molar refractivity (Wildman–Crippen MR) is 82.2 cm³/mol. The predicted octanol–water partition coefficient (Wildman–Crippen LogP) is 1.55. The summed E-state index contributed by atoms with van der Waals surface area (Å²) in [7, 11) is 1.77. The molecule has 0 radical (unpaired) electrons. The summed E-state index contributed by atoms with van der Waals surface area (Å²) in [6.45, 7) is 3.60. The monoisotopic (exact) mass is 306 g/mol. The Morgan fingerprint density at radius 2 is 2.23 bits per heavy atom. The van der Waals surface area contributed by atoms with Crippen LogP contribution in [0.1, 0.15) is 44.9 Å². The normalized spacial score (nSPS) is 31.5. The van der Waals surface area contributed by atoms with E-state index in [2.05, 4.69) is 22.4 Å². The number of carbonyl (C=O) groups is 1. The molecule has 1 aromatic rings. The molecule has 22 heavy (non-hydrogen) atoms. The van der Waals surface area contributed by atoms with Gasteiger partial charge in [-0.05, 0) is 38.0 Å². The summed E-state index contributed by atoms with van der Waals surface area (Å²) in [6, 6.07) is 0. The van der Waals surface area contributed by atoms with Gasteiger partial charge in [0.15, 0.2) is 0 Å². The van der Waals surface area contributed by atoms with Crippen LogP contribution >= 0.6 is 0 Å². The summed E-state index contributed by atoms with van der Waals surface area (Å²) >= 11 is 0. The number of fused-ring (bicyclic) bond motifs is 1. The van der Waals surface area contributed by atoms with Gasteiger partial charge in [0.2, 0.25) is 5.91 Å². The summed E-state index contributed by atoms with van der Waals surface area (Å²) in [5, 5.41) is 11.1. The third kappa shape index (κ3) is 3.16. The van der Waals surface area contributed by atoms with E-state index in [0.717, 1.165) is 37.4 Å². The van der Waals surface area contributed by atoms with Crippen molar-refractivity contribution in [3.8, 4) is 0 Å². The fourth-order valence-electron chi connectivity index (χ4n) is 3.60. The van der Waals surface area contributed by atoms with Gasteiger partial charge in [0.05, 0.1) is 11.5 Å². The van der Waals surface area contributed by atoms with Crippen molar-refractivity contribution in [3.05, 3.63) is 12.2 Å². The van der Waals surface area contributed by atoms with E-state index in [1.54, 1.807) is 13.4 Å². The molecule has 6 heteroatoms. The molecule has 0 bridgehead atoms. The molecular formula is C16H26N4O2. The molecular weight excluding hydrogens is 280 g/mol. The number of ether oxygens (including phenoxy) is 1. The Bertz CT molecular complexity index is 520. The molecule has 6 nitrogen and oxygen atoms in total. The average molecular weight is 306 g/mol. The van der Waals surface area contributed by atoms with Crippen molar-refractivity contribution in [1.29, 1.82) is 0 Å². The molecule has 0 saturated heterocycles. The minimum atomic E-state index is -0.168. The van der Waals surface area contributed by atoms with Gasteiger partial charge >= 0.3 is 0 Å². The van der Waals surface area contributed by atoms with Gasteiger partial charge in [0.25, 0.3) is 0 Å². The first-order valence-electron chi connectivity index (χ1n) is 8.31. The largest absolute Gasteiger partial charge is 0.376 e. The molecule has 1 unspecified atom stereocenters. The van der Waals surface area contributed by atoms with E-state index in [4.69, 9.17) is 4.74 Å². The Hall–Kier alpha value is -1.43. The molecule has 2 heterocycles. The number of rotatable bonds is 4. The number of carbonyl (C=O) groups excluding carboxylic acids is 1. The molecule has 1 fully saturated rings. The fraction of sp³-hybridized carbons (Fsp3) is 0.812. The lowest BCUT2D eigenvalue weighted by atomic mass is 9.79. The quantitative estimate of drug-likeness (QED) is 0.916. The number of aromatic nitrogens is 3. The molecule has 1 saturated carbocycles. The Balaban J connectivity index is 1.54. The van der Waals surface area contributed by atoms with Crippen molar-refractivity contribution < 1.29 is 9.53 Å². The van der Waals surface area contributed by atoms with Crippen molar-refractivity contribution in [3.63, 3.8) is 0 Å². The molecule has 1 aliphatic carbocycles. The number of amides is 1. The molecule has 122 valence electrons. The maximum atomic E-state index is 12.5. The van der Waals surface area contributed by atoms with Gasteiger partial charge in [-0.1, -0.05) is 6.92 Å². The highest BCUT2D eigenvalue weighted by molar-refractivity contribution is 5.78. The van der Waals surface area contributed by atoms with Crippen LogP contribution in [0.3, 0.4) is 0 Å². The summed E-state index contributed by atoms with van der Waals surface area (Å²) < 4.78 is 7.76. The third-order valence-electron chi connectivity index (χ3n) is 5.40. The minimum Gasteiger partial charge on any atom is -0.376 e. The summed E-state index contributed by atoms with van der Waals surface area (Å²) in [5.74, 6) is 1.90. The first kappa shape index (κ1) is 15.5. The first-order chi connectivity index (χ1) is 10.6. The topological polar surface area (TPSA) is 69.0 Å². The number of hydrogen-bond donors (Lipinski definition) is 1. The maximum absolute atomic E-state index is 12.5. The van der Waals surface area contributed by atoms with Gasteiger partial charge in [0.1, 0.15) is 12.2 Å². The zero-order valence-corrected chi connectivity index (χ0v) is 13.5. The lowest BCUT2D eigenvalue weighted by Gasteiger charge is -2.38. The molecule has 0 aromatic carbocycles. The smallest absolute Gasteiger partial charge is 0.225 e. The van der Waals surface area contributed by atoms with Crippen molar-refractivity contribution in [2.24, 2.45) is 11.8 Å². The van der Waals surface area contributed by atoms with Gasteiger partial charge in [-0.25, -0.2) is 0 Å². The van der Waals surface area contributed by atoms with Crippen molar-refractivity contribution in [2.45, 2.75) is 57.6 Å². The Kier molecular flexibility index (Phi) is 4.47. The van der Waals surface area contributed by atoms with Crippen LogP contribution < -0.4 is 5.32 Å². The number of hydrogen-bond acceptors (Lipinski definition) is 4. The lowest BCUT2D eigenvalue weighted by Crippen LogP contribution is -2.48. The van der Waals surface area contributed by atoms with Crippen LogP contribution in [0.4, 0.5) is 0 Å². The van der Waals surface area contributed by atoms with E-state index >= 15 is 0 Å². The van der Waals surface area contributed by atoms with Crippen molar-refractivity contribution >= 4 is 5.91 Å². The van der Waals surface area contributed by atoms with E-state index in [1.165, 1.54) is 12.8 Å². The molecule has 1 atom stereocenters. The van der Waals surface area contributed by atoms with Crippen LogP contribution in [0.2, 0.25) is 0 Å². The summed E-state index contributed by atoms with van der Waals surface area (Å²) in [4.78, 5) is 12.5. The highest BCUT2D eigenvalue weighted by Crippen LogP contribution is 2.34. The highest BCUT2D eigenvalue weighted by Gasteiger charge is 2.35. The van der Waals surface area contributed by atoms with Gasteiger partial charge in [-0.15, -0.1) is 10.2 Å². The zero-order valence-electron chi connectivity index (χ0n) is 13.5. The Morgan fingerprint density at radius 1 is 1.45 bits per heavy atom. The fourth-order valence-corrected chi connectivity index (χ4v) is 3.60. The standard InChI is InChI=1S/C16H26N4O2/c1-12-5-7-16(22-2,8-6-12)10-17-15(21)13-3-4-14-19-18-11-20(14)9-13/h11-13H,3-10H2,1-2H3,(H,17,21). The molecule has 2 aliphatic rings. The second kappa shape index (κ2) is 6.36. The van der Waals surface area contributed by atoms with E-state index in [-0.39, 0.29) is 17.4 Å². The van der Waals surface area contributed by atoms with Crippen molar-refractivity contribution in [2.75, 3.05) is 13.7 Å². The van der Waals surface area contributed by atoms with Gasteiger partial charge in [-0.2, -0.15) is 0 Å². The second-order valence-electron chi connectivity index (χ2n) is 6.92. The van der Waals surface area contributed by atoms with Crippen LogP contribution in [0.15, 0.2) is 6.33 Å². The number of aryl methyl sites for hydroxylation is 1.